The first kappa shape index (κ1) is 27.4. The Morgan fingerprint density at radius 2 is 1.89 bits per heavy atom. The van der Waals surface area contributed by atoms with E-state index in [0.29, 0.717) is 34.1 Å². The number of H-pyrrole nitrogens is 1. The minimum Gasteiger partial charge on any atom is -0.744 e. The first-order valence-corrected chi connectivity index (χ1v) is 12.9. The first-order valence-electron chi connectivity index (χ1n) is 11.1. The largest absolute Gasteiger partial charge is 1.00 e. The van der Waals surface area contributed by atoms with Crippen LogP contribution >= 0.6 is 11.6 Å². The first-order chi connectivity index (χ1) is 17.1. The van der Waals surface area contributed by atoms with E-state index < -0.39 is 26.5 Å². The Balaban J connectivity index is 0.00000320. The second kappa shape index (κ2) is 10.2. The van der Waals surface area contributed by atoms with Crippen molar-refractivity contribution in [2.24, 2.45) is 0 Å². The summed E-state index contributed by atoms with van der Waals surface area (Å²) < 4.78 is 41.0. The summed E-state index contributed by atoms with van der Waals surface area (Å²) in [5, 5.41) is 3.86. The van der Waals surface area contributed by atoms with Crippen LogP contribution in [0.1, 0.15) is 34.0 Å². The van der Waals surface area contributed by atoms with E-state index in [9.17, 15) is 22.6 Å². The Kier molecular flexibility index (Phi) is 7.58. The second-order valence-electron chi connectivity index (χ2n) is 8.45. The van der Waals surface area contributed by atoms with Gasteiger partial charge in [0.15, 0.2) is 0 Å². The van der Waals surface area contributed by atoms with Crippen LogP contribution in [0.25, 0.3) is 22.0 Å². The van der Waals surface area contributed by atoms with Crippen LogP contribution in [0.5, 0.6) is 0 Å². The molecule has 0 saturated heterocycles. The van der Waals surface area contributed by atoms with Crippen molar-refractivity contribution < 1.29 is 52.1 Å². The fourth-order valence-corrected chi connectivity index (χ4v) is 5.63. The zero-order valence-electron chi connectivity index (χ0n) is 20.3. The predicted octanol–water partition coefficient (Wildman–Crippen LogP) is 1.89. The fourth-order valence-electron chi connectivity index (χ4n) is 4.73. The number of hydrogen-bond donors (Lipinski definition) is 2. The van der Waals surface area contributed by atoms with Crippen molar-refractivity contribution in [3.05, 3.63) is 86.2 Å². The van der Waals surface area contributed by atoms with Gasteiger partial charge in [-0.3, -0.25) is 4.79 Å². The van der Waals surface area contributed by atoms with Crippen LogP contribution in [0.4, 0.5) is 11.4 Å². The van der Waals surface area contributed by atoms with Gasteiger partial charge in [0.25, 0.3) is 5.56 Å². The molecule has 0 spiro atoms. The van der Waals surface area contributed by atoms with Gasteiger partial charge in [-0.1, -0.05) is 35.9 Å². The molecule has 8 nitrogen and oxygen atoms in total. The second-order valence-corrected chi connectivity index (χ2v) is 10.2. The quantitative estimate of drug-likeness (QED) is 0.196. The number of esters is 1. The Hall–Kier alpha value is -2.66. The van der Waals surface area contributed by atoms with Crippen molar-refractivity contribution in [1.82, 2.24) is 4.98 Å². The van der Waals surface area contributed by atoms with Gasteiger partial charge in [0.2, 0.25) is 0 Å². The Morgan fingerprint density at radius 1 is 1.16 bits per heavy atom. The number of halogens is 1. The Labute approximate surface area is 240 Å². The van der Waals surface area contributed by atoms with Crippen LogP contribution in [0.3, 0.4) is 0 Å². The van der Waals surface area contributed by atoms with E-state index in [2.05, 4.69) is 10.3 Å². The smallest absolute Gasteiger partial charge is 0.744 e. The number of pyridine rings is 1. The molecular weight excluding hydrogens is 527 g/mol. The molecule has 4 aromatic rings. The van der Waals surface area contributed by atoms with E-state index in [1.807, 2.05) is 24.3 Å². The molecule has 1 aliphatic carbocycles. The molecule has 1 heterocycles. The summed E-state index contributed by atoms with van der Waals surface area (Å²) in [7, 11) is -4.83. The van der Waals surface area contributed by atoms with Crippen molar-refractivity contribution in [2.45, 2.75) is 25.2 Å². The van der Waals surface area contributed by atoms with E-state index >= 15 is 0 Å². The van der Waals surface area contributed by atoms with Gasteiger partial charge in [0, 0.05) is 28.1 Å². The third kappa shape index (κ3) is 4.83. The zero-order chi connectivity index (χ0) is 25.8. The maximum Gasteiger partial charge on any atom is 1.00 e. The van der Waals surface area contributed by atoms with Crippen molar-refractivity contribution in [1.29, 1.82) is 0 Å². The monoisotopic (exact) mass is 546 g/mol. The topological polar surface area (TPSA) is 128 Å². The summed E-state index contributed by atoms with van der Waals surface area (Å²) in [4.78, 5) is 28.4. The average molecular weight is 547 g/mol. The molecule has 0 radical (unpaired) electrons. The maximum absolute atomic E-state index is 13.1. The summed E-state index contributed by atoms with van der Waals surface area (Å²) in [5.74, 6) is -0.730. The van der Waals surface area contributed by atoms with Gasteiger partial charge in [-0.25, -0.2) is 13.2 Å². The van der Waals surface area contributed by atoms with Gasteiger partial charge in [-0.15, -0.1) is 0 Å². The van der Waals surface area contributed by atoms with E-state index in [4.69, 9.17) is 16.3 Å². The number of aromatic amines is 1. The van der Waals surface area contributed by atoms with E-state index in [1.54, 1.807) is 19.9 Å². The van der Waals surface area contributed by atoms with Gasteiger partial charge < -0.3 is 19.6 Å². The normalized spacial score (nSPS) is 12.0. The number of ether oxygens (including phenoxy) is 1. The number of carbonyl (C=O) groups excluding carboxylic acids is 1. The van der Waals surface area contributed by atoms with Gasteiger partial charge in [-0.05, 0) is 60.4 Å². The number of hydrogen-bond acceptors (Lipinski definition) is 7. The number of carbonyl (C=O) groups is 1. The molecule has 2 N–H and O–H groups in total. The number of fused-ring (bicyclic) bond motifs is 2. The molecule has 0 fully saturated rings. The van der Waals surface area contributed by atoms with Crippen LogP contribution in [-0.4, -0.2) is 30.5 Å². The third-order valence-electron chi connectivity index (χ3n) is 6.21. The predicted molar refractivity (Wildman–Crippen MR) is 136 cm³/mol. The van der Waals surface area contributed by atoms with Crippen LogP contribution < -0.4 is 40.4 Å². The molecule has 0 bridgehead atoms. The summed E-state index contributed by atoms with van der Waals surface area (Å²) in [6.45, 7) is 3.56. The van der Waals surface area contributed by atoms with E-state index in [0.717, 1.165) is 22.8 Å². The molecule has 0 unspecified atom stereocenters. The van der Waals surface area contributed by atoms with Crippen molar-refractivity contribution >= 4 is 50.0 Å². The molecule has 11 heteroatoms. The molecule has 1 aliphatic rings. The summed E-state index contributed by atoms with van der Waals surface area (Å²) in [5.41, 5.74) is 4.01. The third-order valence-corrected chi connectivity index (χ3v) is 7.33. The van der Waals surface area contributed by atoms with Crippen LogP contribution in [0.15, 0.2) is 58.2 Å². The molecule has 3 aromatic carbocycles. The molecule has 0 aliphatic heterocycles. The SMILES string of the molecule is CCOC(=O)c1c2c3c(c(Nc4ccc(Cl)cc4S(=O)(=O)[O-])cc(C)c3[nH]c1=O)Cc1ccccc1-2.[Na+]. The molecule has 0 atom stereocenters. The standard InChI is InChI=1S/C26H21ClN2O6S.Na/c1-3-35-26(31)23-21-16-7-5-4-6-14(16)11-17-19(10-13(2)24(22(17)21)29-25(23)30)28-18-9-8-15(27)12-20(18)36(32,33)34;/h4-10,12,28H,3,11H2,1-2H3,(H,29,30)(H,32,33,34);/q;+1/p-1. The molecule has 37 heavy (non-hydrogen) atoms. The summed E-state index contributed by atoms with van der Waals surface area (Å²) >= 11 is 5.95. The van der Waals surface area contributed by atoms with Gasteiger partial charge >= 0.3 is 35.5 Å². The molecule has 0 amide bonds. The Morgan fingerprint density at radius 3 is 2.59 bits per heavy atom. The minimum atomic E-state index is -4.83. The van der Waals surface area contributed by atoms with Crippen molar-refractivity contribution in [3.63, 3.8) is 0 Å². The minimum absolute atomic E-state index is 0. The van der Waals surface area contributed by atoms with Gasteiger partial charge in [0.1, 0.15) is 15.7 Å². The van der Waals surface area contributed by atoms with Crippen LogP contribution in [0, 0.1) is 6.92 Å². The number of nitrogens with one attached hydrogen (secondary N) is 2. The summed E-state index contributed by atoms with van der Waals surface area (Å²) in [6, 6.07) is 13.2. The molecular formula is C26H20ClN2NaO6S. The van der Waals surface area contributed by atoms with E-state index in [1.165, 1.54) is 12.1 Å². The van der Waals surface area contributed by atoms with Gasteiger partial charge in [-0.2, -0.15) is 0 Å². The summed E-state index contributed by atoms with van der Waals surface area (Å²) in [6.07, 6.45) is 0.434. The number of benzene rings is 3. The molecule has 184 valence electrons. The number of rotatable bonds is 5. The zero-order valence-corrected chi connectivity index (χ0v) is 23.8. The van der Waals surface area contributed by atoms with Crippen molar-refractivity contribution in [3.8, 4) is 11.1 Å². The molecule has 1 aromatic heterocycles. The van der Waals surface area contributed by atoms with E-state index in [-0.39, 0.29) is 52.4 Å². The number of anilines is 2. The van der Waals surface area contributed by atoms with Crippen LogP contribution in [-0.2, 0) is 21.3 Å². The number of aryl methyl sites for hydroxylation is 1. The van der Waals surface area contributed by atoms with Crippen molar-refractivity contribution in [2.75, 3.05) is 11.9 Å². The number of aromatic nitrogens is 1. The average Bonchev–Trinajstić information content (AvgIpc) is 2.82. The Bertz CT molecular complexity index is 1750. The van der Waals surface area contributed by atoms with Crippen LogP contribution in [0.2, 0.25) is 5.02 Å². The fraction of sp³-hybridized carbons (Fsp3) is 0.154. The van der Waals surface area contributed by atoms with Gasteiger partial charge in [0.05, 0.1) is 22.7 Å². The maximum atomic E-state index is 13.1. The molecule has 0 saturated carbocycles. The molecule has 5 rings (SSSR count).